The van der Waals surface area contributed by atoms with Gasteiger partial charge < -0.3 is 32.1 Å². The molecular formula is C21H37N5O6S. The van der Waals surface area contributed by atoms with Gasteiger partial charge in [-0.15, -0.1) is 0 Å². The fraction of sp³-hybridized carbons (Fsp3) is 0.762. The number of hydrogen-bond acceptors (Lipinski definition) is 7. The van der Waals surface area contributed by atoms with Crippen LogP contribution in [0.3, 0.4) is 0 Å². The van der Waals surface area contributed by atoms with Crippen LogP contribution in [0.25, 0.3) is 0 Å². The zero-order chi connectivity index (χ0) is 25.1. The Morgan fingerprint density at radius 3 is 2.36 bits per heavy atom. The largest absolute Gasteiger partial charge is 0.480 e. The van der Waals surface area contributed by atoms with Crippen molar-refractivity contribution >= 4 is 41.4 Å². The van der Waals surface area contributed by atoms with Gasteiger partial charge in [-0.3, -0.25) is 19.2 Å². The van der Waals surface area contributed by atoms with Gasteiger partial charge >= 0.3 is 5.97 Å². The quantitative estimate of drug-likeness (QED) is 0.215. The summed E-state index contributed by atoms with van der Waals surface area (Å²) in [6, 6.07) is -3.81. The molecule has 0 aromatic heterocycles. The summed E-state index contributed by atoms with van der Waals surface area (Å²) in [5.74, 6) is -2.96. The SMILES string of the molecule is CCC(C)C(N)C(=O)N1CCCC1C(=O)NC(CCC(N)=O)C(=O)NC(CCSC)C(=O)O. The van der Waals surface area contributed by atoms with Crippen LogP contribution >= 0.6 is 11.8 Å². The predicted molar refractivity (Wildman–Crippen MR) is 125 cm³/mol. The zero-order valence-corrected chi connectivity index (χ0v) is 20.4. The van der Waals surface area contributed by atoms with Crippen molar-refractivity contribution < 1.29 is 29.1 Å². The van der Waals surface area contributed by atoms with E-state index in [0.29, 0.717) is 31.6 Å². The minimum absolute atomic E-state index is 0.0508. The molecule has 1 heterocycles. The number of nitrogens with zero attached hydrogens (tertiary/aromatic N) is 1. The summed E-state index contributed by atoms with van der Waals surface area (Å²) in [6.45, 7) is 4.18. The number of amides is 4. The van der Waals surface area contributed by atoms with E-state index in [2.05, 4.69) is 10.6 Å². The van der Waals surface area contributed by atoms with Gasteiger partial charge in [0.15, 0.2) is 0 Å². The second kappa shape index (κ2) is 14.0. The highest BCUT2D eigenvalue weighted by Crippen LogP contribution is 2.21. The molecule has 12 heteroatoms. The first kappa shape index (κ1) is 28.7. The highest BCUT2D eigenvalue weighted by atomic mass is 32.2. The number of rotatable bonds is 14. The Balaban J connectivity index is 2.94. The molecule has 188 valence electrons. The Labute approximate surface area is 198 Å². The van der Waals surface area contributed by atoms with E-state index in [1.54, 1.807) is 0 Å². The molecule has 0 radical (unpaired) electrons. The van der Waals surface area contributed by atoms with Crippen molar-refractivity contribution in [1.82, 2.24) is 15.5 Å². The van der Waals surface area contributed by atoms with Crippen LogP contribution < -0.4 is 22.1 Å². The van der Waals surface area contributed by atoms with Crippen LogP contribution in [0.4, 0.5) is 0 Å². The highest BCUT2D eigenvalue weighted by molar-refractivity contribution is 7.98. The van der Waals surface area contributed by atoms with E-state index in [1.165, 1.54) is 16.7 Å². The molecule has 1 fully saturated rings. The summed E-state index contributed by atoms with van der Waals surface area (Å²) >= 11 is 1.44. The topological polar surface area (TPSA) is 185 Å². The maximum Gasteiger partial charge on any atom is 0.326 e. The van der Waals surface area contributed by atoms with Crippen LogP contribution in [0.5, 0.6) is 0 Å². The number of carboxylic acids is 1. The van der Waals surface area contributed by atoms with Crippen LogP contribution in [0.2, 0.25) is 0 Å². The number of carbonyl (C=O) groups excluding carboxylic acids is 4. The van der Waals surface area contributed by atoms with E-state index in [9.17, 15) is 29.1 Å². The Bertz CT molecular complexity index is 721. The van der Waals surface area contributed by atoms with Crippen LogP contribution in [0.15, 0.2) is 0 Å². The molecule has 1 aliphatic heterocycles. The number of hydrogen-bond donors (Lipinski definition) is 5. The molecule has 0 aromatic carbocycles. The molecule has 0 bridgehead atoms. The van der Waals surface area contributed by atoms with E-state index in [0.717, 1.165) is 0 Å². The van der Waals surface area contributed by atoms with Gasteiger partial charge in [0, 0.05) is 13.0 Å². The van der Waals surface area contributed by atoms with E-state index >= 15 is 0 Å². The molecule has 5 atom stereocenters. The summed E-state index contributed by atoms with van der Waals surface area (Å²) < 4.78 is 0. The lowest BCUT2D eigenvalue weighted by Crippen LogP contribution is -2.57. The Kier molecular flexibility index (Phi) is 12.2. The molecule has 1 saturated heterocycles. The van der Waals surface area contributed by atoms with Crippen molar-refractivity contribution in [3.8, 4) is 0 Å². The molecule has 11 nitrogen and oxygen atoms in total. The van der Waals surface area contributed by atoms with Gasteiger partial charge in [-0.1, -0.05) is 20.3 Å². The lowest BCUT2D eigenvalue weighted by atomic mass is 9.98. The first-order chi connectivity index (χ1) is 15.5. The fourth-order valence-electron chi connectivity index (χ4n) is 3.58. The second-order valence-electron chi connectivity index (χ2n) is 8.35. The zero-order valence-electron chi connectivity index (χ0n) is 19.5. The Hall–Kier alpha value is -2.34. The van der Waals surface area contributed by atoms with E-state index in [1.807, 2.05) is 20.1 Å². The molecule has 5 unspecified atom stereocenters. The predicted octanol–water partition coefficient (Wildman–Crippen LogP) is -0.576. The van der Waals surface area contributed by atoms with Gasteiger partial charge in [-0.25, -0.2) is 4.79 Å². The van der Waals surface area contributed by atoms with Crippen LogP contribution in [0, 0.1) is 5.92 Å². The second-order valence-corrected chi connectivity index (χ2v) is 9.33. The third-order valence-electron chi connectivity index (χ3n) is 5.92. The van der Waals surface area contributed by atoms with Gasteiger partial charge in [0.05, 0.1) is 6.04 Å². The number of nitrogens with one attached hydrogen (secondary N) is 2. The number of carbonyl (C=O) groups is 5. The lowest BCUT2D eigenvalue weighted by Gasteiger charge is -2.30. The van der Waals surface area contributed by atoms with Gasteiger partial charge in [0.1, 0.15) is 18.1 Å². The normalized spacial score (nSPS) is 19.3. The van der Waals surface area contributed by atoms with Crippen molar-refractivity contribution in [2.24, 2.45) is 17.4 Å². The first-order valence-electron chi connectivity index (χ1n) is 11.2. The molecule has 1 aliphatic rings. The van der Waals surface area contributed by atoms with Crippen molar-refractivity contribution in [3.63, 3.8) is 0 Å². The molecule has 4 amide bonds. The molecule has 0 aromatic rings. The third kappa shape index (κ3) is 8.84. The average molecular weight is 488 g/mol. The number of likely N-dealkylation sites (tertiary alicyclic amines) is 1. The average Bonchev–Trinajstić information content (AvgIpc) is 3.27. The number of primary amides is 1. The standard InChI is InChI=1S/C21H37N5O6S/c1-4-12(2)17(23)20(30)26-10-5-6-15(26)19(29)24-13(7-8-16(22)27)18(28)25-14(21(31)32)9-11-33-3/h12-15,17H,4-11,23H2,1-3H3,(H2,22,27)(H,24,29)(H,25,28)(H,31,32). The molecule has 1 rings (SSSR count). The lowest BCUT2D eigenvalue weighted by molar-refractivity contribution is -0.143. The molecule has 7 N–H and O–H groups in total. The fourth-order valence-corrected chi connectivity index (χ4v) is 4.05. The summed E-state index contributed by atoms with van der Waals surface area (Å²) in [5.41, 5.74) is 11.3. The van der Waals surface area contributed by atoms with Crippen LogP contribution in [0.1, 0.15) is 52.4 Å². The van der Waals surface area contributed by atoms with E-state index in [4.69, 9.17) is 11.5 Å². The summed E-state index contributed by atoms with van der Waals surface area (Å²) in [4.78, 5) is 62.8. The van der Waals surface area contributed by atoms with Crippen molar-refractivity contribution in [2.75, 3.05) is 18.6 Å². The molecule has 0 spiro atoms. The van der Waals surface area contributed by atoms with Gasteiger partial charge in [0.25, 0.3) is 0 Å². The minimum Gasteiger partial charge on any atom is -0.480 e. The van der Waals surface area contributed by atoms with Crippen molar-refractivity contribution in [2.45, 2.75) is 76.5 Å². The Morgan fingerprint density at radius 1 is 1.15 bits per heavy atom. The summed E-state index contributed by atoms with van der Waals surface area (Å²) in [6.07, 6.45) is 3.51. The summed E-state index contributed by atoms with van der Waals surface area (Å²) in [7, 11) is 0. The van der Waals surface area contributed by atoms with Crippen molar-refractivity contribution in [3.05, 3.63) is 0 Å². The number of aliphatic carboxylic acids is 1. The van der Waals surface area contributed by atoms with Gasteiger partial charge in [0.2, 0.25) is 23.6 Å². The third-order valence-corrected chi connectivity index (χ3v) is 6.56. The number of nitrogens with two attached hydrogens (primary N) is 2. The van der Waals surface area contributed by atoms with Crippen LogP contribution in [-0.2, 0) is 24.0 Å². The van der Waals surface area contributed by atoms with Crippen molar-refractivity contribution in [1.29, 1.82) is 0 Å². The molecule has 0 saturated carbocycles. The minimum atomic E-state index is -1.19. The number of thioether (sulfide) groups is 1. The molecule has 0 aliphatic carbocycles. The smallest absolute Gasteiger partial charge is 0.326 e. The van der Waals surface area contributed by atoms with Crippen LogP contribution in [-0.4, -0.2) is 82.3 Å². The van der Waals surface area contributed by atoms with Gasteiger partial charge in [-0.2, -0.15) is 11.8 Å². The monoisotopic (exact) mass is 487 g/mol. The maximum absolute atomic E-state index is 13.0. The summed E-state index contributed by atoms with van der Waals surface area (Å²) in [5, 5.41) is 14.4. The molecule has 33 heavy (non-hydrogen) atoms. The maximum atomic E-state index is 13.0. The highest BCUT2D eigenvalue weighted by Gasteiger charge is 2.38. The number of carboxylic acid groups (broad SMARTS) is 1. The van der Waals surface area contributed by atoms with E-state index in [-0.39, 0.29) is 31.1 Å². The van der Waals surface area contributed by atoms with Gasteiger partial charge in [-0.05, 0) is 43.6 Å². The molecular weight excluding hydrogens is 450 g/mol. The first-order valence-corrected chi connectivity index (χ1v) is 12.6. The Morgan fingerprint density at radius 2 is 1.82 bits per heavy atom. The van der Waals surface area contributed by atoms with E-state index < -0.39 is 47.9 Å².